The van der Waals surface area contributed by atoms with Gasteiger partial charge in [0.05, 0.1) is 0 Å². The number of hydrogen-bond acceptors (Lipinski definition) is 4. The molecular weight excluding hydrogens is 591 g/mol. The van der Waals surface area contributed by atoms with E-state index in [0.29, 0.717) is 17.7 Å². The zero-order chi connectivity index (χ0) is 30.4. The van der Waals surface area contributed by atoms with Gasteiger partial charge >= 0.3 is 54.3 Å². The molecule has 0 amide bonds. The van der Waals surface area contributed by atoms with Gasteiger partial charge < -0.3 is 4.74 Å². The Morgan fingerprint density at radius 3 is 1.42 bits per heavy atom. The van der Waals surface area contributed by atoms with Gasteiger partial charge in [0, 0.05) is 0 Å². The first kappa shape index (κ1) is 33.4. The third kappa shape index (κ3) is 6.01. The average Bonchev–Trinajstić information content (AvgIpc) is 2.70. The second-order valence-corrected chi connectivity index (χ2v) is 6.88. The molecule has 21 heteroatoms. The van der Waals surface area contributed by atoms with E-state index in [1.54, 1.807) is 0 Å². The van der Waals surface area contributed by atoms with E-state index in [4.69, 9.17) is 0 Å². The number of carbonyl (C=O) groups is 1. The number of hydrogen-bond donors (Lipinski definition) is 0. The SMILES string of the molecule is CCc1ccc(OC(=O)C(F)(OC(F)(F)C(F)(OC(F)(F)C(F)(F)C(F)(F)F)C(F)(F)F)C(F)(F)F)cc1. The minimum absolute atomic E-state index is 0.243. The number of esters is 1. The zero-order valence-corrected chi connectivity index (χ0v) is 17.6. The molecule has 2 atom stereocenters. The van der Waals surface area contributed by atoms with Gasteiger partial charge in [0.25, 0.3) is 0 Å². The van der Waals surface area contributed by atoms with Gasteiger partial charge in [-0.15, -0.1) is 0 Å². The van der Waals surface area contributed by atoms with Crippen LogP contribution in [0.25, 0.3) is 0 Å². The maximum absolute atomic E-state index is 14.4. The summed E-state index contributed by atoms with van der Waals surface area (Å²) in [5.74, 6) is -27.7. The Hall–Kier alpha value is -2.58. The molecule has 1 aromatic rings. The molecule has 0 aliphatic heterocycles. The van der Waals surface area contributed by atoms with Crippen molar-refractivity contribution in [2.24, 2.45) is 0 Å². The third-order valence-corrected chi connectivity index (χ3v) is 4.17. The predicted octanol–water partition coefficient (Wildman–Crippen LogP) is 7.03. The second-order valence-electron chi connectivity index (χ2n) is 6.88. The summed E-state index contributed by atoms with van der Waals surface area (Å²) in [6.45, 7) is 1.52. The van der Waals surface area contributed by atoms with Crippen LogP contribution in [0.5, 0.6) is 5.75 Å². The van der Waals surface area contributed by atoms with Crippen molar-refractivity contribution in [2.75, 3.05) is 0 Å². The average molecular weight is 600 g/mol. The molecule has 0 radical (unpaired) electrons. The van der Waals surface area contributed by atoms with Gasteiger partial charge in [0.1, 0.15) is 5.75 Å². The van der Waals surface area contributed by atoms with Gasteiger partial charge in [0.2, 0.25) is 0 Å². The van der Waals surface area contributed by atoms with E-state index in [2.05, 4.69) is 4.74 Å². The topological polar surface area (TPSA) is 44.8 Å². The Labute approximate surface area is 198 Å². The highest BCUT2D eigenvalue weighted by atomic mass is 19.4. The second kappa shape index (κ2) is 9.87. The van der Waals surface area contributed by atoms with E-state index < -0.39 is 60.1 Å². The lowest BCUT2D eigenvalue weighted by Crippen LogP contribution is -2.68. The lowest BCUT2D eigenvalue weighted by molar-refractivity contribution is -0.548. The smallest absolute Gasteiger partial charge is 0.422 e. The van der Waals surface area contributed by atoms with E-state index in [1.165, 1.54) is 11.7 Å². The quantitative estimate of drug-likeness (QED) is 0.174. The molecule has 0 saturated carbocycles. The van der Waals surface area contributed by atoms with Crippen LogP contribution in [-0.4, -0.2) is 54.3 Å². The van der Waals surface area contributed by atoms with Crippen molar-refractivity contribution in [2.45, 2.75) is 61.7 Å². The van der Waals surface area contributed by atoms with Crippen LogP contribution in [0, 0.1) is 0 Å². The molecule has 220 valence electrons. The Kier molecular flexibility index (Phi) is 8.68. The molecule has 1 rings (SSSR count). The van der Waals surface area contributed by atoms with Crippen LogP contribution in [0.1, 0.15) is 12.5 Å². The highest BCUT2D eigenvalue weighted by Gasteiger charge is 2.85. The molecule has 0 spiro atoms. The molecule has 0 aliphatic rings. The molecule has 38 heavy (non-hydrogen) atoms. The molecule has 0 N–H and O–H groups in total. The van der Waals surface area contributed by atoms with Crippen molar-refractivity contribution in [3.63, 3.8) is 0 Å². The van der Waals surface area contributed by atoms with Crippen LogP contribution < -0.4 is 4.74 Å². The van der Waals surface area contributed by atoms with Crippen LogP contribution >= 0.6 is 0 Å². The van der Waals surface area contributed by atoms with Gasteiger partial charge in [-0.05, 0) is 24.1 Å². The summed E-state index contributed by atoms with van der Waals surface area (Å²) in [6.07, 6.45) is -38.5. The molecule has 0 bridgehead atoms. The fraction of sp³-hybridized carbons (Fsp3) is 0.588. The summed E-state index contributed by atoms with van der Waals surface area (Å²) in [6, 6.07) is 3.14. The zero-order valence-electron chi connectivity index (χ0n) is 17.6. The Morgan fingerprint density at radius 2 is 1.08 bits per heavy atom. The van der Waals surface area contributed by atoms with Crippen LogP contribution in [0.2, 0.25) is 0 Å². The maximum atomic E-state index is 14.4. The minimum atomic E-state index is -8.08. The summed E-state index contributed by atoms with van der Waals surface area (Å²) >= 11 is 0. The lowest BCUT2D eigenvalue weighted by Gasteiger charge is -2.39. The van der Waals surface area contributed by atoms with Crippen LogP contribution in [-0.2, 0) is 20.7 Å². The van der Waals surface area contributed by atoms with Crippen molar-refractivity contribution in [3.05, 3.63) is 29.8 Å². The number of halogens is 17. The Balaban J connectivity index is 3.59. The molecule has 4 nitrogen and oxygen atoms in total. The fourth-order valence-electron chi connectivity index (χ4n) is 2.11. The summed E-state index contributed by atoms with van der Waals surface area (Å²) in [4.78, 5) is 11.6. The number of carbonyl (C=O) groups excluding carboxylic acids is 1. The third-order valence-electron chi connectivity index (χ3n) is 4.17. The highest BCUT2D eigenvalue weighted by Crippen LogP contribution is 2.56. The van der Waals surface area contributed by atoms with Crippen molar-refractivity contribution >= 4 is 5.97 Å². The first-order valence-corrected chi connectivity index (χ1v) is 9.02. The minimum Gasteiger partial charge on any atom is -0.422 e. The van der Waals surface area contributed by atoms with E-state index in [1.807, 2.05) is 4.74 Å². The van der Waals surface area contributed by atoms with E-state index in [0.717, 1.165) is 12.1 Å². The maximum Gasteiger partial charge on any atom is 0.462 e. The van der Waals surface area contributed by atoms with E-state index in [-0.39, 0.29) is 6.42 Å². The molecule has 0 aliphatic carbocycles. The van der Waals surface area contributed by atoms with E-state index >= 15 is 0 Å². The highest BCUT2D eigenvalue weighted by molar-refractivity contribution is 5.81. The number of alkyl halides is 17. The van der Waals surface area contributed by atoms with Gasteiger partial charge in [-0.3, -0.25) is 9.47 Å². The monoisotopic (exact) mass is 600 g/mol. The fourth-order valence-corrected chi connectivity index (χ4v) is 2.11. The van der Waals surface area contributed by atoms with Crippen LogP contribution in [0.15, 0.2) is 24.3 Å². The predicted molar refractivity (Wildman–Crippen MR) is 84.3 cm³/mol. The summed E-state index contributed by atoms with van der Waals surface area (Å²) in [5, 5.41) is 0. The molecule has 0 fully saturated rings. The van der Waals surface area contributed by atoms with Crippen LogP contribution in [0.4, 0.5) is 74.6 Å². The van der Waals surface area contributed by atoms with Gasteiger partial charge in [-0.1, -0.05) is 19.1 Å². The van der Waals surface area contributed by atoms with Gasteiger partial charge in [-0.25, -0.2) is 4.79 Å². The normalized spacial score (nSPS) is 17.5. The summed E-state index contributed by atoms with van der Waals surface area (Å²) in [5.41, 5.74) is 0.371. The molecular formula is C17H9F17O4. The number of rotatable bonds is 9. The Morgan fingerprint density at radius 1 is 0.632 bits per heavy atom. The molecule has 2 unspecified atom stereocenters. The number of ether oxygens (including phenoxy) is 3. The molecule has 1 aromatic carbocycles. The van der Waals surface area contributed by atoms with Gasteiger partial charge in [-0.2, -0.15) is 74.6 Å². The largest absolute Gasteiger partial charge is 0.462 e. The van der Waals surface area contributed by atoms with Crippen molar-refractivity contribution < 1.29 is 93.6 Å². The van der Waals surface area contributed by atoms with Crippen molar-refractivity contribution in [3.8, 4) is 5.75 Å². The lowest BCUT2D eigenvalue weighted by atomic mass is 10.2. The number of aryl methyl sites for hydroxylation is 1. The summed E-state index contributed by atoms with van der Waals surface area (Å²) in [7, 11) is 0. The molecule has 0 heterocycles. The van der Waals surface area contributed by atoms with Gasteiger partial charge in [0.15, 0.2) is 0 Å². The van der Waals surface area contributed by atoms with Crippen molar-refractivity contribution in [1.29, 1.82) is 0 Å². The first-order valence-electron chi connectivity index (χ1n) is 9.02. The number of benzene rings is 1. The van der Waals surface area contributed by atoms with Crippen LogP contribution in [0.3, 0.4) is 0 Å². The van der Waals surface area contributed by atoms with E-state index in [9.17, 15) is 79.4 Å². The molecule has 0 aromatic heterocycles. The molecule has 0 saturated heterocycles. The standard InChI is InChI=1S/C17H9F17O4/c1-2-7-3-5-8(6-4-7)36-9(35)10(18,13(22,23)24)37-17(33,34)12(21,15(28,29)30)38-16(31,32)11(19,20)14(25,26)27/h3-6H,2H2,1H3. The summed E-state index contributed by atoms with van der Waals surface area (Å²) < 4.78 is 230. The van der Waals surface area contributed by atoms with Crippen molar-refractivity contribution in [1.82, 2.24) is 0 Å². The first-order chi connectivity index (χ1) is 16.6. The Bertz CT molecular complexity index is 982.